The number of rotatable bonds is 7. The van der Waals surface area contributed by atoms with Crippen LogP contribution in [0.5, 0.6) is 0 Å². The predicted molar refractivity (Wildman–Crippen MR) is 114 cm³/mol. The Kier molecular flexibility index (Phi) is 7.81. The second kappa shape index (κ2) is 10.5. The lowest BCUT2D eigenvalue weighted by atomic mass is 10.1. The molecule has 5 nitrogen and oxygen atoms in total. The monoisotopic (exact) mass is 433 g/mol. The van der Waals surface area contributed by atoms with Crippen LogP contribution in [0.4, 0.5) is 8.78 Å². The molecule has 3 rings (SSSR count). The van der Waals surface area contributed by atoms with Crippen LogP contribution in [0.25, 0.3) is 0 Å². The highest BCUT2D eigenvalue weighted by atomic mass is 32.2. The van der Waals surface area contributed by atoms with Crippen molar-refractivity contribution in [2.75, 3.05) is 45.0 Å². The Hall–Kier alpha value is -2.45. The molecule has 0 aromatic heterocycles. The summed E-state index contributed by atoms with van der Waals surface area (Å²) in [5.74, 6) is -1.65. The van der Waals surface area contributed by atoms with Crippen molar-refractivity contribution in [2.45, 2.75) is 11.8 Å². The van der Waals surface area contributed by atoms with Gasteiger partial charge in [-0.25, -0.2) is 8.78 Å². The zero-order valence-corrected chi connectivity index (χ0v) is 17.7. The van der Waals surface area contributed by atoms with Crippen molar-refractivity contribution in [3.63, 3.8) is 0 Å². The number of carbonyl (C=O) groups excluding carboxylic acids is 2. The number of hydrogen-bond acceptors (Lipinski definition) is 4. The fourth-order valence-electron chi connectivity index (χ4n) is 3.22. The number of amides is 2. The van der Waals surface area contributed by atoms with Crippen LogP contribution in [0.15, 0.2) is 47.4 Å². The number of carbonyl (C=O) groups is 2. The van der Waals surface area contributed by atoms with Crippen LogP contribution in [0.1, 0.15) is 15.9 Å². The fourth-order valence-corrected chi connectivity index (χ4v) is 3.99. The Balaban J connectivity index is 1.37. The van der Waals surface area contributed by atoms with Crippen molar-refractivity contribution in [3.8, 4) is 0 Å². The van der Waals surface area contributed by atoms with Gasteiger partial charge in [0.1, 0.15) is 17.2 Å². The van der Waals surface area contributed by atoms with Crippen LogP contribution in [-0.2, 0) is 4.79 Å². The van der Waals surface area contributed by atoms with Gasteiger partial charge in [0.25, 0.3) is 5.91 Å². The minimum atomic E-state index is -0.856. The third-order valence-electron chi connectivity index (χ3n) is 4.92. The Morgan fingerprint density at radius 1 is 1.00 bits per heavy atom. The Bertz CT molecular complexity index is 864. The molecule has 1 heterocycles. The van der Waals surface area contributed by atoms with Gasteiger partial charge in [-0.1, -0.05) is 23.8 Å². The number of piperazine rings is 1. The largest absolute Gasteiger partial charge is 0.354 e. The van der Waals surface area contributed by atoms with Crippen LogP contribution in [0, 0.1) is 18.6 Å². The maximum Gasteiger partial charge on any atom is 0.259 e. The summed E-state index contributed by atoms with van der Waals surface area (Å²) in [6, 6.07) is 11.6. The molecule has 2 aromatic rings. The number of halogens is 2. The predicted octanol–water partition coefficient (Wildman–Crippen LogP) is 2.94. The van der Waals surface area contributed by atoms with E-state index in [2.05, 4.69) is 29.6 Å². The number of thioether (sulfide) groups is 1. The van der Waals surface area contributed by atoms with E-state index in [1.807, 2.05) is 11.8 Å². The first-order valence-corrected chi connectivity index (χ1v) is 10.8. The summed E-state index contributed by atoms with van der Waals surface area (Å²) >= 11 is 1.69. The van der Waals surface area contributed by atoms with Crippen LogP contribution in [0.2, 0.25) is 0 Å². The molecule has 1 saturated heterocycles. The first-order valence-electron chi connectivity index (χ1n) is 9.86. The van der Waals surface area contributed by atoms with Gasteiger partial charge < -0.3 is 10.2 Å². The van der Waals surface area contributed by atoms with Crippen molar-refractivity contribution < 1.29 is 18.4 Å². The fraction of sp³-hybridized carbons (Fsp3) is 0.364. The summed E-state index contributed by atoms with van der Waals surface area (Å²) in [5.41, 5.74) is 0.697. The van der Waals surface area contributed by atoms with E-state index in [0.717, 1.165) is 17.9 Å². The summed E-state index contributed by atoms with van der Waals surface area (Å²) in [7, 11) is 0. The van der Waals surface area contributed by atoms with Crippen LogP contribution >= 0.6 is 11.8 Å². The topological polar surface area (TPSA) is 52.7 Å². The van der Waals surface area contributed by atoms with Gasteiger partial charge in [-0.05, 0) is 31.2 Å². The molecule has 0 saturated carbocycles. The van der Waals surface area contributed by atoms with Gasteiger partial charge >= 0.3 is 0 Å². The zero-order valence-electron chi connectivity index (χ0n) is 16.9. The van der Waals surface area contributed by atoms with Gasteiger partial charge in [-0.3, -0.25) is 14.5 Å². The normalized spacial score (nSPS) is 14.6. The molecule has 0 bridgehead atoms. The lowest BCUT2D eigenvalue weighted by Gasteiger charge is -2.34. The Morgan fingerprint density at radius 2 is 1.63 bits per heavy atom. The molecule has 1 N–H and O–H groups in total. The summed E-state index contributed by atoms with van der Waals surface area (Å²) < 4.78 is 27.7. The van der Waals surface area contributed by atoms with E-state index in [9.17, 15) is 18.4 Å². The summed E-state index contributed by atoms with van der Waals surface area (Å²) in [5, 5.41) is 2.91. The maximum absolute atomic E-state index is 13.8. The summed E-state index contributed by atoms with van der Waals surface area (Å²) in [6.07, 6.45) is 0. The lowest BCUT2D eigenvalue weighted by molar-refractivity contribution is -0.122. The number of benzene rings is 2. The summed E-state index contributed by atoms with van der Waals surface area (Å²) in [4.78, 5) is 29.1. The zero-order chi connectivity index (χ0) is 21.5. The van der Waals surface area contributed by atoms with E-state index in [0.29, 0.717) is 32.7 Å². The van der Waals surface area contributed by atoms with Crippen LogP contribution < -0.4 is 5.32 Å². The van der Waals surface area contributed by atoms with Gasteiger partial charge in [0.15, 0.2) is 0 Å². The van der Waals surface area contributed by atoms with Crippen molar-refractivity contribution in [1.29, 1.82) is 0 Å². The standard InChI is InChI=1S/C22H25F2N3O2S/c1-16-5-7-17(8-6-16)30-14-9-25-20(28)15-26-10-12-27(13-11-26)22(29)21-18(23)3-2-4-19(21)24/h2-8H,9-15H2,1H3,(H,25,28). The molecule has 0 radical (unpaired) electrons. The number of nitrogens with one attached hydrogen (secondary N) is 1. The molecule has 1 aliphatic heterocycles. The maximum atomic E-state index is 13.8. The van der Waals surface area contributed by atoms with E-state index < -0.39 is 23.1 Å². The molecule has 2 amide bonds. The van der Waals surface area contributed by atoms with Crippen molar-refractivity contribution >= 4 is 23.6 Å². The van der Waals surface area contributed by atoms with Gasteiger partial charge in [-0.2, -0.15) is 0 Å². The van der Waals surface area contributed by atoms with E-state index in [1.165, 1.54) is 21.4 Å². The average Bonchev–Trinajstić information content (AvgIpc) is 2.73. The quantitative estimate of drug-likeness (QED) is 0.539. The molecule has 0 spiro atoms. The smallest absolute Gasteiger partial charge is 0.259 e. The highest BCUT2D eigenvalue weighted by molar-refractivity contribution is 7.99. The third-order valence-corrected chi connectivity index (χ3v) is 5.93. The van der Waals surface area contributed by atoms with Gasteiger partial charge in [0, 0.05) is 43.4 Å². The van der Waals surface area contributed by atoms with Crippen LogP contribution in [-0.4, -0.2) is 66.6 Å². The first kappa shape index (κ1) is 22.2. The molecule has 0 aliphatic carbocycles. The average molecular weight is 434 g/mol. The first-order chi connectivity index (χ1) is 14.4. The Morgan fingerprint density at radius 3 is 2.27 bits per heavy atom. The molecule has 8 heteroatoms. The SMILES string of the molecule is Cc1ccc(SCCNC(=O)CN2CCN(C(=O)c3c(F)cccc3F)CC2)cc1. The number of nitrogens with zero attached hydrogens (tertiary/aromatic N) is 2. The molecule has 0 unspecified atom stereocenters. The molecular formula is C22H25F2N3O2S. The van der Waals surface area contributed by atoms with Gasteiger partial charge in [0.2, 0.25) is 5.91 Å². The molecule has 1 aliphatic rings. The molecule has 1 fully saturated rings. The Labute approximate surface area is 179 Å². The van der Waals surface area contributed by atoms with Gasteiger partial charge in [0.05, 0.1) is 6.54 Å². The van der Waals surface area contributed by atoms with Crippen molar-refractivity contribution in [1.82, 2.24) is 15.1 Å². The summed E-state index contributed by atoms with van der Waals surface area (Å²) in [6.45, 7) is 4.46. The van der Waals surface area contributed by atoms with E-state index in [4.69, 9.17) is 0 Å². The van der Waals surface area contributed by atoms with Gasteiger partial charge in [-0.15, -0.1) is 11.8 Å². The molecule has 160 valence electrons. The number of hydrogen-bond donors (Lipinski definition) is 1. The minimum absolute atomic E-state index is 0.0700. The highest BCUT2D eigenvalue weighted by Gasteiger charge is 2.27. The molecule has 0 atom stereocenters. The van der Waals surface area contributed by atoms with Crippen molar-refractivity contribution in [3.05, 3.63) is 65.2 Å². The highest BCUT2D eigenvalue weighted by Crippen LogP contribution is 2.18. The second-order valence-corrected chi connectivity index (χ2v) is 8.34. The molecular weight excluding hydrogens is 408 g/mol. The lowest BCUT2D eigenvalue weighted by Crippen LogP contribution is -2.51. The third kappa shape index (κ3) is 6.03. The number of aryl methyl sites for hydroxylation is 1. The molecule has 2 aromatic carbocycles. The van der Waals surface area contributed by atoms with Crippen LogP contribution in [0.3, 0.4) is 0 Å². The van der Waals surface area contributed by atoms with E-state index in [1.54, 1.807) is 11.8 Å². The van der Waals surface area contributed by atoms with Crippen molar-refractivity contribution in [2.24, 2.45) is 0 Å². The molecule has 30 heavy (non-hydrogen) atoms. The second-order valence-electron chi connectivity index (χ2n) is 7.18. The van der Waals surface area contributed by atoms with E-state index in [-0.39, 0.29) is 12.5 Å². The minimum Gasteiger partial charge on any atom is -0.354 e. The van der Waals surface area contributed by atoms with E-state index >= 15 is 0 Å².